The molecule has 0 fully saturated rings. The first-order valence-corrected chi connectivity index (χ1v) is 16.5. The number of hydrogen-bond donors (Lipinski definition) is 0. The molecule has 0 amide bonds. The van der Waals surface area contributed by atoms with Gasteiger partial charge in [-0.25, -0.2) is 29.9 Å². The molecular formula is C12H6Br12N6. The van der Waals surface area contributed by atoms with Crippen LogP contribution in [0.3, 0.4) is 0 Å². The Labute approximate surface area is 273 Å². The summed E-state index contributed by atoms with van der Waals surface area (Å²) in [5.74, 6) is 3.39. The van der Waals surface area contributed by atoms with E-state index in [0.717, 1.165) is 0 Å². The Morgan fingerprint density at radius 3 is 0.667 bits per heavy atom. The lowest BCUT2D eigenvalue weighted by Crippen LogP contribution is -2.15. The van der Waals surface area contributed by atoms with Gasteiger partial charge in [0, 0.05) is 0 Å². The highest BCUT2D eigenvalue weighted by Crippen LogP contribution is 2.47. The van der Waals surface area contributed by atoms with Gasteiger partial charge in [0.15, 0.2) is 31.9 Å². The van der Waals surface area contributed by atoms with E-state index in [-0.39, 0.29) is 0 Å². The molecule has 2 aromatic rings. The zero-order chi connectivity index (χ0) is 23.7. The molecule has 0 bridgehead atoms. The minimum atomic E-state index is -0.645. The highest BCUT2D eigenvalue weighted by Gasteiger charge is 2.32. The van der Waals surface area contributed by atoms with E-state index in [9.17, 15) is 0 Å². The number of aromatic nitrogens is 6. The monoisotopic (exact) mass is 1180 g/mol. The molecule has 0 atom stereocenters. The van der Waals surface area contributed by atoms with Crippen molar-refractivity contribution in [2.75, 3.05) is 0 Å². The summed E-state index contributed by atoms with van der Waals surface area (Å²) in [5, 5.41) is 0. The van der Waals surface area contributed by atoms with E-state index >= 15 is 0 Å². The van der Waals surface area contributed by atoms with Gasteiger partial charge in [-0.2, -0.15) is 0 Å². The molecule has 6 nitrogen and oxygen atoms in total. The van der Waals surface area contributed by atoms with E-state index < -0.39 is 8.57 Å². The van der Waals surface area contributed by atoms with Crippen molar-refractivity contribution in [2.24, 2.45) is 0 Å². The summed E-state index contributed by atoms with van der Waals surface area (Å²) in [6, 6.07) is 0. The Balaban J connectivity index is 0.000000300. The van der Waals surface area contributed by atoms with Crippen LogP contribution in [0.25, 0.3) is 0 Å². The standard InChI is InChI=1S/2C6H3Br6N3/c2*1-2-13-3(5(7,8)9)15-4(14-2)6(10,11)12/h2*1H3. The number of aryl methyl sites for hydroxylation is 2. The fourth-order valence-corrected chi connectivity index (χ4v) is 3.60. The smallest absolute Gasteiger partial charge is 0.194 e. The third-order valence-electron chi connectivity index (χ3n) is 2.51. The molecule has 0 N–H and O–H groups in total. The Hall–Kier alpha value is 3.78. The van der Waals surface area contributed by atoms with Crippen LogP contribution in [0.2, 0.25) is 0 Å². The molecule has 0 aliphatic heterocycles. The van der Waals surface area contributed by atoms with Crippen molar-refractivity contribution in [3.63, 3.8) is 0 Å². The first-order valence-electron chi connectivity index (χ1n) is 6.95. The maximum atomic E-state index is 4.27. The van der Waals surface area contributed by atoms with Crippen molar-refractivity contribution in [3.8, 4) is 0 Å². The van der Waals surface area contributed by atoms with Crippen LogP contribution in [-0.4, -0.2) is 29.9 Å². The van der Waals surface area contributed by atoms with Gasteiger partial charge >= 0.3 is 0 Å². The number of halogens is 12. The fourth-order valence-electron chi connectivity index (χ4n) is 1.47. The second-order valence-electron chi connectivity index (χ2n) is 5.05. The molecule has 0 saturated carbocycles. The minimum Gasteiger partial charge on any atom is -0.215 e. The molecule has 30 heavy (non-hydrogen) atoms. The van der Waals surface area contributed by atoms with Crippen molar-refractivity contribution in [1.82, 2.24) is 29.9 Å². The van der Waals surface area contributed by atoms with Crippen LogP contribution in [-0.2, 0) is 8.57 Å². The van der Waals surface area contributed by atoms with Crippen molar-refractivity contribution in [2.45, 2.75) is 22.4 Å². The van der Waals surface area contributed by atoms with Crippen LogP contribution in [0.1, 0.15) is 34.9 Å². The molecular weight excluding hydrogens is 1190 g/mol. The molecule has 0 radical (unpaired) electrons. The molecule has 18 heteroatoms. The van der Waals surface area contributed by atoms with E-state index in [2.05, 4.69) is 221 Å². The van der Waals surface area contributed by atoms with Crippen molar-refractivity contribution in [3.05, 3.63) is 34.9 Å². The second-order valence-corrected chi connectivity index (χ2v) is 32.1. The van der Waals surface area contributed by atoms with Crippen LogP contribution in [0.15, 0.2) is 0 Å². The van der Waals surface area contributed by atoms with Gasteiger partial charge in [-0.15, -0.1) is 0 Å². The van der Waals surface area contributed by atoms with Crippen molar-refractivity contribution < 1.29 is 0 Å². The van der Waals surface area contributed by atoms with Gasteiger partial charge in [-0.1, -0.05) is 191 Å². The summed E-state index contributed by atoms with van der Waals surface area (Å²) < 4.78 is -2.58. The topological polar surface area (TPSA) is 77.3 Å². The highest BCUT2D eigenvalue weighted by molar-refractivity contribution is 9.39. The van der Waals surface area contributed by atoms with Crippen LogP contribution in [0, 0.1) is 13.8 Å². The number of rotatable bonds is 0. The molecule has 2 aromatic heterocycles. The predicted molar refractivity (Wildman–Crippen MR) is 163 cm³/mol. The maximum absolute atomic E-state index is 4.27. The average Bonchev–Trinajstić information content (AvgIpc) is 2.51. The Kier molecular flexibility index (Phi) is 13.1. The third-order valence-corrected chi connectivity index (χ3v) is 6.76. The van der Waals surface area contributed by atoms with Gasteiger partial charge in [0.25, 0.3) is 0 Å². The van der Waals surface area contributed by atoms with Gasteiger partial charge < -0.3 is 0 Å². The lowest BCUT2D eigenvalue weighted by molar-refractivity contribution is 0.846. The van der Waals surface area contributed by atoms with Gasteiger partial charge in [0.05, 0.1) is 0 Å². The van der Waals surface area contributed by atoms with Gasteiger partial charge in [0.2, 0.25) is 0 Å². The van der Waals surface area contributed by atoms with Gasteiger partial charge in [0.1, 0.15) is 11.6 Å². The fraction of sp³-hybridized carbons (Fsp3) is 0.500. The van der Waals surface area contributed by atoms with Gasteiger partial charge in [-0.3, -0.25) is 0 Å². The summed E-state index contributed by atoms with van der Waals surface area (Å²) in [6.07, 6.45) is 0. The summed E-state index contributed by atoms with van der Waals surface area (Å²) in [7, 11) is 0. The molecule has 0 aromatic carbocycles. The molecule has 0 aliphatic carbocycles. The molecule has 0 unspecified atom stereocenters. The molecule has 0 aliphatic rings. The van der Waals surface area contributed by atoms with E-state index in [1.165, 1.54) is 0 Å². The Bertz CT molecular complexity index is 745. The van der Waals surface area contributed by atoms with Crippen LogP contribution in [0.4, 0.5) is 0 Å². The number of alkyl halides is 12. The summed E-state index contributed by atoms with van der Waals surface area (Å²) >= 11 is 40.3. The Morgan fingerprint density at radius 1 is 0.367 bits per heavy atom. The summed E-state index contributed by atoms with van der Waals surface area (Å²) in [5.41, 5.74) is 0. The largest absolute Gasteiger partial charge is 0.215 e. The van der Waals surface area contributed by atoms with E-state index in [4.69, 9.17) is 0 Å². The number of hydrogen-bond acceptors (Lipinski definition) is 6. The van der Waals surface area contributed by atoms with Crippen LogP contribution < -0.4 is 0 Å². The summed E-state index contributed by atoms with van der Waals surface area (Å²) in [6.45, 7) is 3.60. The van der Waals surface area contributed by atoms with Crippen LogP contribution >= 0.6 is 191 Å². The maximum Gasteiger partial charge on any atom is 0.194 e. The van der Waals surface area contributed by atoms with E-state index in [0.29, 0.717) is 34.9 Å². The highest BCUT2D eigenvalue weighted by atomic mass is 80.0. The average molecular weight is 1190 g/mol. The second kappa shape index (κ2) is 12.3. The SMILES string of the molecule is Cc1nc(C(Br)(Br)Br)nc(C(Br)(Br)Br)n1.Cc1nc(C(Br)(Br)Br)nc(C(Br)(Br)Br)n1. The lowest BCUT2D eigenvalue weighted by Gasteiger charge is -2.15. The minimum absolute atomic E-state index is 0.535. The van der Waals surface area contributed by atoms with Crippen molar-refractivity contribution >= 4 is 191 Å². The quantitative estimate of drug-likeness (QED) is 0.245. The zero-order valence-electron chi connectivity index (χ0n) is 14.2. The molecule has 2 rings (SSSR count). The molecule has 0 spiro atoms. The summed E-state index contributed by atoms with van der Waals surface area (Å²) in [4.78, 5) is 25.3. The first-order chi connectivity index (χ1) is 13.2. The van der Waals surface area contributed by atoms with E-state index in [1.807, 2.05) is 0 Å². The predicted octanol–water partition coefficient (Wildman–Crippen LogP) is 9.54. The first kappa shape index (κ1) is 31.8. The zero-order valence-corrected chi connectivity index (χ0v) is 33.3. The van der Waals surface area contributed by atoms with Gasteiger partial charge in [-0.05, 0) is 13.8 Å². The lowest BCUT2D eigenvalue weighted by atomic mass is 10.5. The third kappa shape index (κ3) is 11.2. The number of nitrogens with zero attached hydrogens (tertiary/aromatic N) is 6. The van der Waals surface area contributed by atoms with E-state index in [1.54, 1.807) is 13.8 Å². The van der Waals surface area contributed by atoms with Crippen molar-refractivity contribution in [1.29, 1.82) is 0 Å². The Morgan fingerprint density at radius 2 is 0.533 bits per heavy atom. The normalized spacial score (nSPS) is 13.0. The molecule has 0 saturated heterocycles. The molecule has 2 heterocycles. The molecule has 168 valence electrons. The van der Waals surface area contributed by atoms with Crippen LogP contribution in [0.5, 0.6) is 0 Å².